The van der Waals surface area contributed by atoms with Crippen molar-refractivity contribution in [2.75, 3.05) is 19.6 Å². The van der Waals surface area contributed by atoms with Crippen LogP contribution in [-0.2, 0) is 0 Å². The third-order valence-electron chi connectivity index (χ3n) is 4.27. The van der Waals surface area contributed by atoms with Gasteiger partial charge in [0.25, 0.3) is 0 Å². The molecule has 1 saturated carbocycles. The molecule has 2 rings (SSSR count). The summed E-state index contributed by atoms with van der Waals surface area (Å²) in [7, 11) is 0. The molecule has 1 heterocycles. The quantitative estimate of drug-likeness (QED) is 0.730. The minimum atomic E-state index is 0.410. The summed E-state index contributed by atoms with van der Waals surface area (Å²) in [6.07, 6.45) is 5.58. The number of hydrogen-bond acceptors (Lipinski definition) is 2. The first-order valence-electron chi connectivity index (χ1n) is 6.07. The van der Waals surface area contributed by atoms with Gasteiger partial charge in [0.2, 0.25) is 0 Å². The maximum Gasteiger partial charge on any atom is 0.0194 e. The van der Waals surface area contributed by atoms with Gasteiger partial charge in [0, 0.05) is 19.1 Å². The molecule has 1 aliphatic heterocycles. The lowest BCUT2D eigenvalue weighted by molar-refractivity contribution is 0.0589. The summed E-state index contributed by atoms with van der Waals surface area (Å²) >= 11 is 0. The third kappa shape index (κ3) is 2.12. The molecule has 0 amide bonds. The molecule has 2 unspecified atom stereocenters. The molecular formula is C12H24N2. The van der Waals surface area contributed by atoms with Gasteiger partial charge in [-0.1, -0.05) is 20.3 Å². The van der Waals surface area contributed by atoms with E-state index in [-0.39, 0.29) is 0 Å². The first-order valence-corrected chi connectivity index (χ1v) is 6.07. The number of piperidine rings is 1. The summed E-state index contributed by atoms with van der Waals surface area (Å²) in [5.74, 6) is 0.723. The second-order valence-corrected chi connectivity index (χ2v) is 5.83. The lowest BCUT2D eigenvalue weighted by Crippen LogP contribution is -2.51. The molecule has 0 aromatic rings. The van der Waals surface area contributed by atoms with E-state index < -0.39 is 0 Å². The zero-order chi connectivity index (χ0) is 10.2. The van der Waals surface area contributed by atoms with Crippen molar-refractivity contribution in [2.24, 2.45) is 17.1 Å². The van der Waals surface area contributed by atoms with Crippen LogP contribution in [0.2, 0.25) is 0 Å². The molecule has 0 aromatic carbocycles. The maximum atomic E-state index is 6.11. The Labute approximate surface area is 87.8 Å². The monoisotopic (exact) mass is 196 g/mol. The Morgan fingerprint density at radius 2 is 2.14 bits per heavy atom. The van der Waals surface area contributed by atoms with E-state index in [9.17, 15) is 0 Å². The first-order chi connectivity index (χ1) is 6.59. The Morgan fingerprint density at radius 3 is 2.64 bits per heavy atom. The van der Waals surface area contributed by atoms with Gasteiger partial charge in [0.1, 0.15) is 0 Å². The number of rotatable bonds is 2. The van der Waals surface area contributed by atoms with Crippen molar-refractivity contribution >= 4 is 0 Å². The molecule has 14 heavy (non-hydrogen) atoms. The largest absolute Gasteiger partial charge is 0.326 e. The highest BCUT2D eigenvalue weighted by molar-refractivity contribution is 4.89. The minimum absolute atomic E-state index is 0.410. The van der Waals surface area contributed by atoms with E-state index in [0.717, 1.165) is 12.5 Å². The van der Waals surface area contributed by atoms with Crippen LogP contribution >= 0.6 is 0 Å². The molecule has 0 radical (unpaired) electrons. The molecule has 82 valence electrons. The predicted octanol–water partition coefficient (Wildman–Crippen LogP) is 1.85. The van der Waals surface area contributed by atoms with Crippen LogP contribution in [0.25, 0.3) is 0 Å². The lowest BCUT2D eigenvalue weighted by atomic mass is 9.70. The van der Waals surface area contributed by atoms with Crippen LogP contribution in [0.3, 0.4) is 0 Å². The van der Waals surface area contributed by atoms with Gasteiger partial charge < -0.3 is 10.6 Å². The fourth-order valence-corrected chi connectivity index (χ4v) is 2.79. The van der Waals surface area contributed by atoms with Gasteiger partial charge in [-0.25, -0.2) is 0 Å². The van der Waals surface area contributed by atoms with Gasteiger partial charge in [-0.3, -0.25) is 0 Å². The molecule has 2 N–H and O–H groups in total. The molecule has 0 bridgehead atoms. The standard InChI is InChI=1S/C12H24N2/c1-10-4-7-14(8-11(10)13)9-12(2)5-3-6-12/h10-11H,3-9,13H2,1-2H3. The number of hydrogen-bond donors (Lipinski definition) is 1. The number of nitrogens with two attached hydrogens (primary N) is 1. The first kappa shape index (κ1) is 10.4. The zero-order valence-electron chi connectivity index (χ0n) is 9.63. The Morgan fingerprint density at radius 1 is 1.43 bits per heavy atom. The van der Waals surface area contributed by atoms with E-state index >= 15 is 0 Å². The average molecular weight is 196 g/mol. The van der Waals surface area contributed by atoms with Crippen LogP contribution in [-0.4, -0.2) is 30.6 Å². The van der Waals surface area contributed by atoms with Crippen LogP contribution in [0, 0.1) is 11.3 Å². The third-order valence-corrected chi connectivity index (χ3v) is 4.27. The van der Waals surface area contributed by atoms with Crippen LogP contribution in [0.15, 0.2) is 0 Å². The normalized spacial score (nSPS) is 37.9. The number of nitrogens with zero attached hydrogens (tertiary/aromatic N) is 1. The van der Waals surface area contributed by atoms with E-state index in [1.54, 1.807) is 0 Å². The van der Waals surface area contributed by atoms with E-state index in [0.29, 0.717) is 11.5 Å². The smallest absolute Gasteiger partial charge is 0.0194 e. The van der Waals surface area contributed by atoms with Gasteiger partial charge in [0.05, 0.1) is 0 Å². The van der Waals surface area contributed by atoms with Crippen molar-refractivity contribution < 1.29 is 0 Å². The van der Waals surface area contributed by atoms with Crippen molar-refractivity contribution in [3.05, 3.63) is 0 Å². The van der Waals surface area contributed by atoms with Crippen LogP contribution in [0.5, 0.6) is 0 Å². The molecule has 0 spiro atoms. The van der Waals surface area contributed by atoms with Gasteiger partial charge in [-0.2, -0.15) is 0 Å². The second kappa shape index (κ2) is 3.82. The fraction of sp³-hybridized carbons (Fsp3) is 1.00. The molecule has 1 aliphatic carbocycles. The molecule has 0 aromatic heterocycles. The lowest BCUT2D eigenvalue weighted by Gasteiger charge is -2.45. The van der Waals surface area contributed by atoms with Crippen molar-refractivity contribution in [3.63, 3.8) is 0 Å². The Balaban J connectivity index is 1.81. The van der Waals surface area contributed by atoms with E-state index in [1.807, 2.05) is 0 Å². The topological polar surface area (TPSA) is 29.3 Å². The van der Waals surface area contributed by atoms with Crippen molar-refractivity contribution in [2.45, 2.75) is 45.6 Å². The average Bonchev–Trinajstić information content (AvgIpc) is 2.09. The Hall–Kier alpha value is -0.0800. The van der Waals surface area contributed by atoms with Gasteiger partial charge >= 0.3 is 0 Å². The van der Waals surface area contributed by atoms with E-state index in [4.69, 9.17) is 5.73 Å². The van der Waals surface area contributed by atoms with Crippen LogP contribution in [0.1, 0.15) is 39.5 Å². The second-order valence-electron chi connectivity index (χ2n) is 5.83. The molecular weight excluding hydrogens is 172 g/mol. The van der Waals surface area contributed by atoms with Crippen molar-refractivity contribution in [3.8, 4) is 0 Å². The summed E-state index contributed by atoms with van der Waals surface area (Å²) in [5, 5.41) is 0. The molecule has 2 fully saturated rings. The van der Waals surface area contributed by atoms with Gasteiger partial charge in [-0.15, -0.1) is 0 Å². The highest BCUT2D eigenvalue weighted by atomic mass is 15.2. The van der Waals surface area contributed by atoms with Crippen molar-refractivity contribution in [1.82, 2.24) is 4.90 Å². The Bertz CT molecular complexity index is 198. The maximum absolute atomic E-state index is 6.11. The summed E-state index contributed by atoms with van der Waals surface area (Å²) in [5.41, 5.74) is 6.73. The number of likely N-dealkylation sites (tertiary alicyclic amines) is 1. The van der Waals surface area contributed by atoms with Crippen molar-refractivity contribution in [1.29, 1.82) is 0 Å². The molecule has 2 nitrogen and oxygen atoms in total. The van der Waals surface area contributed by atoms with E-state index in [2.05, 4.69) is 18.7 Å². The summed E-state index contributed by atoms with van der Waals surface area (Å²) in [6.45, 7) is 8.39. The van der Waals surface area contributed by atoms with Crippen LogP contribution < -0.4 is 5.73 Å². The highest BCUT2D eigenvalue weighted by Crippen LogP contribution is 2.41. The zero-order valence-corrected chi connectivity index (χ0v) is 9.63. The highest BCUT2D eigenvalue weighted by Gasteiger charge is 2.35. The SMILES string of the molecule is CC1CCN(CC2(C)CCC2)CC1N. The van der Waals surface area contributed by atoms with Crippen LogP contribution in [0.4, 0.5) is 0 Å². The molecule has 1 saturated heterocycles. The summed E-state index contributed by atoms with van der Waals surface area (Å²) in [4.78, 5) is 2.59. The minimum Gasteiger partial charge on any atom is -0.326 e. The van der Waals surface area contributed by atoms with E-state index in [1.165, 1.54) is 38.8 Å². The predicted molar refractivity (Wildman–Crippen MR) is 60.2 cm³/mol. The van der Waals surface area contributed by atoms with Gasteiger partial charge in [0.15, 0.2) is 0 Å². The molecule has 2 aliphatic rings. The summed E-state index contributed by atoms with van der Waals surface area (Å²) < 4.78 is 0. The Kier molecular flexibility index (Phi) is 2.85. The molecule has 2 atom stereocenters. The summed E-state index contributed by atoms with van der Waals surface area (Å²) in [6, 6.07) is 0.410. The fourth-order valence-electron chi connectivity index (χ4n) is 2.79. The van der Waals surface area contributed by atoms with Gasteiger partial charge in [-0.05, 0) is 37.1 Å². The molecule has 2 heteroatoms.